The average Bonchev–Trinajstić information content (AvgIpc) is 2.16. The molecule has 4 nitrogen and oxygen atoms in total. The first-order chi connectivity index (χ1) is 5.83. The Hall–Kier alpha value is -0.610. The zero-order chi connectivity index (χ0) is 8.81. The number of ether oxygens (including phenoxy) is 1. The van der Waals surface area contributed by atoms with E-state index in [0.717, 1.165) is 26.1 Å². The van der Waals surface area contributed by atoms with Crippen molar-refractivity contribution in [3.05, 3.63) is 0 Å². The number of carbonyl (C=O) groups excluding carboxylic acids is 1. The van der Waals surface area contributed by atoms with E-state index in [2.05, 4.69) is 10.6 Å². The Morgan fingerprint density at radius 2 is 2.58 bits per heavy atom. The van der Waals surface area contributed by atoms with E-state index in [-0.39, 0.29) is 12.0 Å². The van der Waals surface area contributed by atoms with E-state index < -0.39 is 0 Å². The van der Waals surface area contributed by atoms with Crippen molar-refractivity contribution >= 4 is 5.91 Å². The van der Waals surface area contributed by atoms with E-state index in [1.54, 1.807) is 7.05 Å². The standard InChI is InChI=1S/C8H16N2O2/c1-9-8(11)3-2-7-6-10-4-5-12-7/h7,10H,2-6H2,1H3,(H,9,11). The van der Waals surface area contributed by atoms with Crippen LogP contribution in [0.1, 0.15) is 12.8 Å². The van der Waals surface area contributed by atoms with E-state index in [0.29, 0.717) is 6.42 Å². The maximum atomic E-state index is 10.9. The highest BCUT2D eigenvalue weighted by atomic mass is 16.5. The molecule has 1 heterocycles. The average molecular weight is 172 g/mol. The number of carbonyl (C=O) groups is 1. The molecule has 0 aromatic carbocycles. The van der Waals surface area contributed by atoms with Crippen LogP contribution in [0, 0.1) is 0 Å². The largest absolute Gasteiger partial charge is 0.376 e. The monoisotopic (exact) mass is 172 g/mol. The van der Waals surface area contributed by atoms with Crippen molar-refractivity contribution in [1.82, 2.24) is 10.6 Å². The van der Waals surface area contributed by atoms with Gasteiger partial charge in [0.2, 0.25) is 5.91 Å². The molecule has 2 N–H and O–H groups in total. The number of amides is 1. The highest BCUT2D eigenvalue weighted by Gasteiger charge is 2.13. The molecule has 1 fully saturated rings. The fourth-order valence-electron chi connectivity index (χ4n) is 1.22. The Morgan fingerprint density at radius 1 is 1.75 bits per heavy atom. The van der Waals surface area contributed by atoms with Crippen LogP contribution in [0.15, 0.2) is 0 Å². The lowest BCUT2D eigenvalue weighted by Crippen LogP contribution is -2.39. The lowest BCUT2D eigenvalue weighted by Gasteiger charge is -2.23. The van der Waals surface area contributed by atoms with Gasteiger partial charge in [-0.15, -0.1) is 0 Å². The summed E-state index contributed by atoms with van der Waals surface area (Å²) in [6.07, 6.45) is 1.59. The van der Waals surface area contributed by atoms with Gasteiger partial charge < -0.3 is 15.4 Å². The first-order valence-corrected chi connectivity index (χ1v) is 4.36. The SMILES string of the molecule is CNC(=O)CCC1CNCCO1. The smallest absolute Gasteiger partial charge is 0.219 e. The molecule has 0 saturated carbocycles. The van der Waals surface area contributed by atoms with Crippen LogP contribution < -0.4 is 10.6 Å². The Bertz CT molecular complexity index is 144. The van der Waals surface area contributed by atoms with E-state index in [4.69, 9.17) is 4.74 Å². The topological polar surface area (TPSA) is 50.4 Å². The summed E-state index contributed by atoms with van der Waals surface area (Å²) in [5, 5.41) is 5.81. The first-order valence-electron chi connectivity index (χ1n) is 4.36. The van der Waals surface area contributed by atoms with Gasteiger partial charge in [0.25, 0.3) is 0 Å². The number of morpholine rings is 1. The van der Waals surface area contributed by atoms with E-state index in [1.165, 1.54) is 0 Å². The number of hydrogen-bond acceptors (Lipinski definition) is 3. The second-order valence-electron chi connectivity index (χ2n) is 2.91. The summed E-state index contributed by atoms with van der Waals surface area (Å²) in [4.78, 5) is 10.9. The van der Waals surface area contributed by atoms with Crippen molar-refractivity contribution in [2.75, 3.05) is 26.7 Å². The minimum absolute atomic E-state index is 0.0872. The quantitative estimate of drug-likeness (QED) is 0.603. The van der Waals surface area contributed by atoms with Gasteiger partial charge in [0.15, 0.2) is 0 Å². The van der Waals surface area contributed by atoms with Crippen LogP contribution in [0.2, 0.25) is 0 Å². The number of hydrogen-bond donors (Lipinski definition) is 2. The van der Waals surface area contributed by atoms with Crippen LogP contribution in [0.3, 0.4) is 0 Å². The van der Waals surface area contributed by atoms with Crippen LogP contribution in [0.5, 0.6) is 0 Å². The molecule has 0 aromatic rings. The van der Waals surface area contributed by atoms with Gasteiger partial charge >= 0.3 is 0 Å². The van der Waals surface area contributed by atoms with Gasteiger partial charge in [0, 0.05) is 26.6 Å². The number of nitrogens with one attached hydrogen (secondary N) is 2. The zero-order valence-electron chi connectivity index (χ0n) is 7.43. The van der Waals surface area contributed by atoms with Crippen LogP contribution in [-0.4, -0.2) is 38.8 Å². The lowest BCUT2D eigenvalue weighted by atomic mass is 10.1. The minimum Gasteiger partial charge on any atom is -0.376 e. The molecule has 0 radical (unpaired) electrons. The maximum Gasteiger partial charge on any atom is 0.219 e. The van der Waals surface area contributed by atoms with Gasteiger partial charge in [-0.25, -0.2) is 0 Å². The van der Waals surface area contributed by atoms with Gasteiger partial charge in [-0.1, -0.05) is 0 Å². The summed E-state index contributed by atoms with van der Waals surface area (Å²) in [5.41, 5.74) is 0. The molecule has 70 valence electrons. The van der Waals surface area contributed by atoms with E-state index in [9.17, 15) is 4.79 Å². The van der Waals surface area contributed by atoms with Crippen molar-refractivity contribution in [2.45, 2.75) is 18.9 Å². The van der Waals surface area contributed by atoms with Crippen LogP contribution >= 0.6 is 0 Å². The fourth-order valence-corrected chi connectivity index (χ4v) is 1.22. The molecule has 0 aromatic heterocycles. The molecule has 4 heteroatoms. The molecule has 0 aliphatic carbocycles. The van der Waals surface area contributed by atoms with Crippen LogP contribution in [-0.2, 0) is 9.53 Å². The molecule has 1 saturated heterocycles. The Kier molecular flexibility index (Phi) is 4.04. The third-order valence-electron chi connectivity index (χ3n) is 1.98. The Morgan fingerprint density at radius 3 is 3.17 bits per heavy atom. The molecule has 1 rings (SSSR count). The fraction of sp³-hybridized carbons (Fsp3) is 0.875. The van der Waals surface area contributed by atoms with Crippen molar-refractivity contribution in [2.24, 2.45) is 0 Å². The molecule has 1 unspecified atom stereocenters. The Balaban J connectivity index is 2.09. The van der Waals surface area contributed by atoms with Crippen molar-refractivity contribution in [3.63, 3.8) is 0 Å². The second kappa shape index (κ2) is 5.11. The van der Waals surface area contributed by atoms with Crippen molar-refractivity contribution in [3.8, 4) is 0 Å². The lowest BCUT2D eigenvalue weighted by molar-refractivity contribution is -0.121. The predicted octanol–water partition coefficient (Wildman–Crippen LogP) is -0.499. The summed E-state index contributed by atoms with van der Waals surface area (Å²) in [7, 11) is 1.66. The van der Waals surface area contributed by atoms with Crippen molar-refractivity contribution in [1.29, 1.82) is 0 Å². The highest BCUT2D eigenvalue weighted by Crippen LogP contribution is 2.03. The van der Waals surface area contributed by atoms with Crippen molar-refractivity contribution < 1.29 is 9.53 Å². The molecule has 0 spiro atoms. The molecule has 12 heavy (non-hydrogen) atoms. The van der Waals surface area contributed by atoms with Crippen LogP contribution in [0.25, 0.3) is 0 Å². The van der Waals surface area contributed by atoms with E-state index in [1.807, 2.05) is 0 Å². The molecule has 1 aliphatic rings. The summed E-state index contributed by atoms with van der Waals surface area (Å²) < 4.78 is 5.43. The normalized spacial score (nSPS) is 23.6. The summed E-state index contributed by atoms with van der Waals surface area (Å²) in [6, 6.07) is 0. The summed E-state index contributed by atoms with van der Waals surface area (Å²) in [5.74, 6) is 0.0872. The third-order valence-corrected chi connectivity index (χ3v) is 1.98. The predicted molar refractivity (Wildman–Crippen MR) is 45.9 cm³/mol. The zero-order valence-corrected chi connectivity index (χ0v) is 7.43. The van der Waals surface area contributed by atoms with Gasteiger partial charge in [0.1, 0.15) is 0 Å². The van der Waals surface area contributed by atoms with E-state index >= 15 is 0 Å². The minimum atomic E-state index is 0.0872. The Labute approximate surface area is 72.7 Å². The molecular weight excluding hydrogens is 156 g/mol. The second-order valence-corrected chi connectivity index (χ2v) is 2.91. The third kappa shape index (κ3) is 3.19. The maximum absolute atomic E-state index is 10.9. The number of rotatable bonds is 3. The van der Waals surface area contributed by atoms with Gasteiger partial charge in [-0.3, -0.25) is 4.79 Å². The van der Waals surface area contributed by atoms with Gasteiger partial charge in [0.05, 0.1) is 12.7 Å². The van der Waals surface area contributed by atoms with Crippen LogP contribution in [0.4, 0.5) is 0 Å². The highest BCUT2D eigenvalue weighted by molar-refractivity contribution is 5.75. The molecule has 1 amide bonds. The molecule has 0 bridgehead atoms. The summed E-state index contributed by atoms with van der Waals surface area (Å²) in [6.45, 7) is 2.56. The molecular formula is C8H16N2O2. The summed E-state index contributed by atoms with van der Waals surface area (Å²) >= 11 is 0. The van der Waals surface area contributed by atoms with Gasteiger partial charge in [-0.05, 0) is 6.42 Å². The first kappa shape index (κ1) is 9.48. The van der Waals surface area contributed by atoms with Gasteiger partial charge in [-0.2, -0.15) is 0 Å². The molecule has 1 aliphatic heterocycles. The molecule has 1 atom stereocenters.